The van der Waals surface area contributed by atoms with Crippen LogP contribution in [0.5, 0.6) is 5.75 Å². The van der Waals surface area contributed by atoms with Gasteiger partial charge in [-0.3, -0.25) is 4.68 Å². The smallest absolute Gasteiger partial charge is 0.142 e. The van der Waals surface area contributed by atoms with E-state index in [1.807, 2.05) is 29.9 Å². The second-order valence-electron chi connectivity index (χ2n) is 5.57. The highest BCUT2D eigenvalue weighted by molar-refractivity contribution is 5.56. The Morgan fingerprint density at radius 1 is 1.29 bits per heavy atom. The molecule has 1 N–H and O–H groups in total. The van der Waals surface area contributed by atoms with E-state index in [2.05, 4.69) is 43.4 Å². The molecule has 2 rings (SSSR count). The summed E-state index contributed by atoms with van der Waals surface area (Å²) in [4.78, 5) is 0. The maximum atomic E-state index is 5.77. The fraction of sp³-hybridized carbons (Fsp3) is 0.471. The zero-order chi connectivity index (χ0) is 15.2. The summed E-state index contributed by atoms with van der Waals surface area (Å²) in [6, 6.07) is 8.08. The number of hydrogen-bond acceptors (Lipinski definition) is 3. The summed E-state index contributed by atoms with van der Waals surface area (Å²) in [5, 5.41) is 8.01. The molecule has 1 aromatic carbocycles. The largest absolute Gasteiger partial charge is 0.491 e. The average Bonchev–Trinajstić information content (AvgIpc) is 2.85. The summed E-state index contributed by atoms with van der Waals surface area (Å²) in [6.45, 7) is 7.95. The maximum absolute atomic E-state index is 5.77. The molecule has 114 valence electrons. The molecule has 0 aliphatic carbocycles. The van der Waals surface area contributed by atoms with Gasteiger partial charge in [0.25, 0.3) is 0 Å². The lowest BCUT2D eigenvalue weighted by molar-refractivity contribution is 0.319. The molecule has 4 heteroatoms. The van der Waals surface area contributed by atoms with E-state index < -0.39 is 0 Å². The number of nitrogens with zero attached hydrogens (tertiary/aromatic N) is 2. The Kier molecular flexibility index (Phi) is 5.26. The summed E-state index contributed by atoms with van der Waals surface area (Å²) in [7, 11) is 1.97. The van der Waals surface area contributed by atoms with Crippen LogP contribution in [0.1, 0.15) is 44.4 Å². The summed E-state index contributed by atoms with van der Waals surface area (Å²) >= 11 is 0. The van der Waals surface area contributed by atoms with Gasteiger partial charge in [0.2, 0.25) is 0 Å². The standard InChI is InChI=1S/C17H25N3O/c1-5-10-21-16-9-7-6-8-15(16)18-11-14-12-20(4)19-17(14)13(2)3/h6-9,12-13,18H,5,10-11H2,1-4H3. The van der Waals surface area contributed by atoms with Crippen molar-refractivity contribution in [2.24, 2.45) is 7.05 Å². The average molecular weight is 287 g/mol. The molecule has 0 radical (unpaired) electrons. The fourth-order valence-corrected chi connectivity index (χ4v) is 2.32. The lowest BCUT2D eigenvalue weighted by Crippen LogP contribution is -2.05. The zero-order valence-corrected chi connectivity index (χ0v) is 13.4. The first-order chi connectivity index (χ1) is 10.1. The number of aromatic nitrogens is 2. The molecule has 21 heavy (non-hydrogen) atoms. The number of rotatable bonds is 7. The van der Waals surface area contributed by atoms with Crippen LogP contribution in [0.4, 0.5) is 5.69 Å². The quantitative estimate of drug-likeness (QED) is 0.838. The molecular weight excluding hydrogens is 262 g/mol. The molecule has 0 spiro atoms. The third-order valence-corrected chi connectivity index (χ3v) is 3.30. The van der Waals surface area contributed by atoms with Gasteiger partial charge in [-0.25, -0.2) is 0 Å². The van der Waals surface area contributed by atoms with Crippen molar-refractivity contribution < 1.29 is 4.74 Å². The lowest BCUT2D eigenvalue weighted by Gasteiger charge is -2.13. The van der Waals surface area contributed by atoms with E-state index in [1.165, 1.54) is 5.56 Å². The van der Waals surface area contributed by atoms with Crippen LogP contribution in [0.25, 0.3) is 0 Å². The second-order valence-corrected chi connectivity index (χ2v) is 5.57. The van der Waals surface area contributed by atoms with Crippen LogP contribution in [0.3, 0.4) is 0 Å². The van der Waals surface area contributed by atoms with E-state index in [9.17, 15) is 0 Å². The van der Waals surface area contributed by atoms with Crippen molar-refractivity contribution in [1.82, 2.24) is 9.78 Å². The molecular formula is C17H25N3O. The number of hydrogen-bond donors (Lipinski definition) is 1. The molecule has 0 aliphatic heterocycles. The predicted molar refractivity (Wildman–Crippen MR) is 86.9 cm³/mol. The van der Waals surface area contributed by atoms with Gasteiger partial charge in [-0.05, 0) is 24.5 Å². The highest BCUT2D eigenvalue weighted by Crippen LogP contribution is 2.25. The molecule has 2 aromatic rings. The Morgan fingerprint density at radius 3 is 2.76 bits per heavy atom. The molecule has 0 aliphatic rings. The molecule has 0 fully saturated rings. The Morgan fingerprint density at radius 2 is 2.05 bits per heavy atom. The minimum Gasteiger partial charge on any atom is -0.491 e. The highest BCUT2D eigenvalue weighted by atomic mass is 16.5. The third-order valence-electron chi connectivity index (χ3n) is 3.30. The molecule has 0 bridgehead atoms. The first kappa shape index (κ1) is 15.4. The van der Waals surface area contributed by atoms with Crippen molar-refractivity contribution in [1.29, 1.82) is 0 Å². The monoisotopic (exact) mass is 287 g/mol. The van der Waals surface area contributed by atoms with E-state index in [1.54, 1.807) is 0 Å². The molecule has 1 heterocycles. The van der Waals surface area contributed by atoms with Gasteiger partial charge in [0, 0.05) is 25.4 Å². The van der Waals surface area contributed by atoms with E-state index in [0.29, 0.717) is 5.92 Å². The summed E-state index contributed by atoms with van der Waals surface area (Å²) in [6.07, 6.45) is 3.09. The molecule has 0 unspecified atom stereocenters. The number of ether oxygens (including phenoxy) is 1. The van der Waals surface area contributed by atoms with Crippen LogP contribution in [-0.2, 0) is 13.6 Å². The normalized spacial score (nSPS) is 10.9. The van der Waals surface area contributed by atoms with Crippen molar-refractivity contribution in [3.8, 4) is 5.75 Å². The summed E-state index contributed by atoms with van der Waals surface area (Å²) in [5.41, 5.74) is 3.42. The Labute approximate surface area is 127 Å². The van der Waals surface area contributed by atoms with Crippen LogP contribution in [0.2, 0.25) is 0 Å². The zero-order valence-electron chi connectivity index (χ0n) is 13.4. The highest BCUT2D eigenvalue weighted by Gasteiger charge is 2.11. The van der Waals surface area contributed by atoms with E-state index >= 15 is 0 Å². The fourth-order valence-electron chi connectivity index (χ4n) is 2.32. The number of para-hydroxylation sites is 2. The molecule has 0 saturated carbocycles. The van der Waals surface area contributed by atoms with Crippen molar-refractivity contribution in [2.75, 3.05) is 11.9 Å². The molecule has 0 saturated heterocycles. The number of anilines is 1. The maximum Gasteiger partial charge on any atom is 0.142 e. The van der Waals surface area contributed by atoms with Crippen LogP contribution in [0, 0.1) is 0 Å². The second kappa shape index (κ2) is 7.16. The van der Waals surface area contributed by atoms with Gasteiger partial charge in [0.05, 0.1) is 18.0 Å². The first-order valence-electron chi connectivity index (χ1n) is 7.60. The van der Waals surface area contributed by atoms with Gasteiger partial charge in [0.15, 0.2) is 0 Å². The summed E-state index contributed by atoms with van der Waals surface area (Å²) < 4.78 is 7.66. The number of benzene rings is 1. The van der Waals surface area contributed by atoms with Gasteiger partial charge in [-0.1, -0.05) is 32.9 Å². The van der Waals surface area contributed by atoms with Crippen LogP contribution in [0.15, 0.2) is 30.5 Å². The molecule has 1 aromatic heterocycles. The minimum atomic E-state index is 0.426. The topological polar surface area (TPSA) is 39.1 Å². The molecule has 0 atom stereocenters. The number of aryl methyl sites for hydroxylation is 1. The van der Waals surface area contributed by atoms with Crippen LogP contribution < -0.4 is 10.1 Å². The van der Waals surface area contributed by atoms with Gasteiger partial charge in [0.1, 0.15) is 5.75 Å². The van der Waals surface area contributed by atoms with Gasteiger partial charge < -0.3 is 10.1 Å². The third kappa shape index (κ3) is 4.00. The van der Waals surface area contributed by atoms with Crippen molar-refractivity contribution >= 4 is 5.69 Å². The van der Waals surface area contributed by atoms with Crippen LogP contribution in [-0.4, -0.2) is 16.4 Å². The predicted octanol–water partition coefficient (Wildman–Crippen LogP) is 3.94. The van der Waals surface area contributed by atoms with Crippen molar-refractivity contribution in [3.63, 3.8) is 0 Å². The SMILES string of the molecule is CCCOc1ccccc1NCc1cn(C)nc1C(C)C. The van der Waals surface area contributed by atoms with E-state index in [4.69, 9.17) is 4.74 Å². The summed E-state index contributed by atoms with van der Waals surface area (Å²) in [5.74, 6) is 1.34. The first-order valence-corrected chi connectivity index (χ1v) is 7.60. The van der Waals surface area contributed by atoms with Crippen molar-refractivity contribution in [2.45, 2.75) is 39.7 Å². The van der Waals surface area contributed by atoms with Gasteiger partial charge in [-0.15, -0.1) is 0 Å². The van der Waals surface area contributed by atoms with Gasteiger partial charge in [-0.2, -0.15) is 5.10 Å². The Balaban J connectivity index is 2.09. The van der Waals surface area contributed by atoms with E-state index in [0.717, 1.165) is 36.7 Å². The molecule has 0 amide bonds. The van der Waals surface area contributed by atoms with Crippen molar-refractivity contribution in [3.05, 3.63) is 41.7 Å². The van der Waals surface area contributed by atoms with E-state index in [-0.39, 0.29) is 0 Å². The Hall–Kier alpha value is -1.97. The van der Waals surface area contributed by atoms with Crippen LogP contribution >= 0.6 is 0 Å². The number of nitrogens with one attached hydrogen (secondary N) is 1. The minimum absolute atomic E-state index is 0.426. The van der Waals surface area contributed by atoms with Gasteiger partial charge >= 0.3 is 0 Å². The molecule has 4 nitrogen and oxygen atoms in total. The lowest BCUT2D eigenvalue weighted by atomic mass is 10.1. The Bertz CT molecular complexity index is 575.